The van der Waals surface area contributed by atoms with E-state index < -0.39 is 0 Å². The minimum absolute atomic E-state index is 0.215. The molecule has 0 aliphatic heterocycles. The summed E-state index contributed by atoms with van der Waals surface area (Å²) in [4.78, 5) is 17.7. The number of rotatable bonds is 3. The highest BCUT2D eigenvalue weighted by molar-refractivity contribution is 9.10. The number of furan rings is 1. The van der Waals surface area contributed by atoms with Gasteiger partial charge in [0.2, 0.25) is 0 Å². The lowest BCUT2D eigenvalue weighted by molar-refractivity contribution is 0.102. The normalized spacial score (nSPS) is 11.1. The van der Waals surface area contributed by atoms with Crippen LogP contribution in [0.5, 0.6) is 0 Å². The minimum Gasteiger partial charge on any atom is -0.463 e. The van der Waals surface area contributed by atoms with Crippen molar-refractivity contribution in [3.05, 3.63) is 64.0 Å². The molecule has 27 heavy (non-hydrogen) atoms. The van der Waals surface area contributed by atoms with Crippen LogP contribution in [-0.4, -0.2) is 20.7 Å². The summed E-state index contributed by atoms with van der Waals surface area (Å²) in [5.74, 6) is 0.386. The van der Waals surface area contributed by atoms with E-state index in [2.05, 4.69) is 31.3 Å². The number of anilines is 1. The molecule has 1 N–H and O–H groups in total. The molecule has 4 rings (SSSR count). The van der Waals surface area contributed by atoms with E-state index in [9.17, 15) is 4.79 Å². The summed E-state index contributed by atoms with van der Waals surface area (Å²) in [6.07, 6.45) is 1.58. The molecule has 0 atom stereocenters. The van der Waals surface area contributed by atoms with Crippen molar-refractivity contribution in [2.45, 2.75) is 13.8 Å². The number of nitrogens with one attached hydrogen (secondary N) is 1. The van der Waals surface area contributed by atoms with Crippen LogP contribution < -0.4 is 5.32 Å². The topological polar surface area (TPSA) is 73.0 Å². The average molecular weight is 425 g/mol. The largest absolute Gasteiger partial charge is 0.463 e. The van der Waals surface area contributed by atoms with E-state index in [0.29, 0.717) is 22.7 Å². The molecule has 1 aromatic carbocycles. The number of hydrogen-bond donors (Lipinski definition) is 1. The van der Waals surface area contributed by atoms with Gasteiger partial charge in [0.25, 0.3) is 5.91 Å². The first-order valence-electron chi connectivity index (χ1n) is 8.40. The maximum Gasteiger partial charge on any atom is 0.256 e. The van der Waals surface area contributed by atoms with Crippen LogP contribution in [0.1, 0.15) is 21.6 Å². The van der Waals surface area contributed by atoms with Crippen LogP contribution in [0.15, 0.2) is 51.6 Å². The molecule has 4 aromatic rings. The van der Waals surface area contributed by atoms with E-state index in [1.54, 1.807) is 23.1 Å². The van der Waals surface area contributed by atoms with Gasteiger partial charge in [0.05, 0.1) is 22.9 Å². The monoisotopic (exact) mass is 424 g/mol. The van der Waals surface area contributed by atoms with E-state index in [1.165, 1.54) is 0 Å². The number of fused-ring (bicyclic) bond motifs is 1. The Hall–Kier alpha value is -2.93. The Morgan fingerprint density at radius 2 is 2.04 bits per heavy atom. The standard InChI is InChI=1S/C20H17BrN4O2/c1-11-9-13(6-7-15(11)21)22-20(26)14-10-16(17-5-4-8-27-17)23-19-18(14)12(2)24-25(19)3/h4-10H,1-3H3,(H,22,26). The second-order valence-corrected chi connectivity index (χ2v) is 7.21. The third-order valence-electron chi connectivity index (χ3n) is 4.40. The Labute approximate surface area is 164 Å². The van der Waals surface area contributed by atoms with Gasteiger partial charge in [-0.05, 0) is 55.8 Å². The summed E-state index contributed by atoms with van der Waals surface area (Å²) >= 11 is 3.47. The number of pyridine rings is 1. The van der Waals surface area contributed by atoms with Crippen LogP contribution in [0, 0.1) is 13.8 Å². The van der Waals surface area contributed by atoms with Gasteiger partial charge in [0.1, 0.15) is 5.69 Å². The summed E-state index contributed by atoms with van der Waals surface area (Å²) in [6, 6.07) is 11.0. The lowest BCUT2D eigenvalue weighted by Crippen LogP contribution is -2.13. The smallest absolute Gasteiger partial charge is 0.256 e. The lowest BCUT2D eigenvalue weighted by atomic mass is 10.1. The van der Waals surface area contributed by atoms with Crippen molar-refractivity contribution in [2.24, 2.45) is 7.05 Å². The maximum atomic E-state index is 13.1. The summed E-state index contributed by atoms with van der Waals surface area (Å²) in [5.41, 5.74) is 4.26. The van der Waals surface area contributed by atoms with Crippen LogP contribution in [0.2, 0.25) is 0 Å². The van der Waals surface area contributed by atoms with Gasteiger partial charge in [-0.2, -0.15) is 5.10 Å². The van der Waals surface area contributed by atoms with Crippen LogP contribution in [0.25, 0.3) is 22.5 Å². The highest BCUT2D eigenvalue weighted by atomic mass is 79.9. The fraction of sp³-hybridized carbons (Fsp3) is 0.150. The van der Waals surface area contributed by atoms with Gasteiger partial charge in [-0.3, -0.25) is 9.48 Å². The molecule has 0 radical (unpaired) electrons. The summed E-state index contributed by atoms with van der Waals surface area (Å²) < 4.78 is 8.14. The number of carbonyl (C=O) groups excluding carboxylic acids is 1. The van der Waals surface area contributed by atoms with Crippen molar-refractivity contribution in [2.75, 3.05) is 5.32 Å². The molecule has 0 aliphatic rings. The Morgan fingerprint density at radius 3 is 2.74 bits per heavy atom. The van der Waals surface area contributed by atoms with Gasteiger partial charge in [-0.25, -0.2) is 4.98 Å². The first-order chi connectivity index (χ1) is 12.9. The van der Waals surface area contributed by atoms with Crippen LogP contribution in [0.4, 0.5) is 5.69 Å². The number of halogens is 1. The number of carbonyl (C=O) groups is 1. The second kappa shape index (κ2) is 6.66. The molecule has 0 bridgehead atoms. The summed E-state index contributed by atoms with van der Waals surface area (Å²) in [5, 5.41) is 8.13. The molecule has 0 saturated carbocycles. The molecule has 0 unspecified atom stereocenters. The number of hydrogen-bond acceptors (Lipinski definition) is 4. The number of aryl methyl sites for hydroxylation is 3. The molecule has 0 aliphatic carbocycles. The predicted octanol–water partition coefficient (Wildman–Crippen LogP) is 4.86. The SMILES string of the molecule is Cc1cc(NC(=O)c2cc(-c3ccco3)nc3c2c(C)nn3C)ccc1Br. The molecule has 0 fully saturated rings. The maximum absolute atomic E-state index is 13.1. The zero-order valence-corrected chi connectivity index (χ0v) is 16.7. The van der Waals surface area contributed by atoms with Crippen molar-refractivity contribution in [1.29, 1.82) is 0 Å². The molecule has 1 amide bonds. The predicted molar refractivity (Wildman–Crippen MR) is 108 cm³/mol. The molecule has 136 valence electrons. The molecule has 0 saturated heterocycles. The number of nitrogens with zero attached hydrogens (tertiary/aromatic N) is 3. The fourth-order valence-corrected chi connectivity index (χ4v) is 3.34. The lowest BCUT2D eigenvalue weighted by Gasteiger charge is -2.09. The van der Waals surface area contributed by atoms with Gasteiger partial charge in [-0.15, -0.1) is 0 Å². The van der Waals surface area contributed by atoms with Gasteiger partial charge >= 0.3 is 0 Å². The highest BCUT2D eigenvalue weighted by Gasteiger charge is 2.20. The van der Waals surface area contributed by atoms with E-state index in [1.807, 2.05) is 45.2 Å². The third kappa shape index (κ3) is 3.14. The van der Waals surface area contributed by atoms with Crippen LogP contribution >= 0.6 is 15.9 Å². The minimum atomic E-state index is -0.215. The number of aromatic nitrogens is 3. The zero-order valence-electron chi connectivity index (χ0n) is 15.1. The van der Waals surface area contributed by atoms with Crippen LogP contribution in [-0.2, 0) is 7.05 Å². The third-order valence-corrected chi connectivity index (χ3v) is 5.29. The average Bonchev–Trinajstić information content (AvgIpc) is 3.26. The van der Waals surface area contributed by atoms with Gasteiger partial charge in [0.15, 0.2) is 11.4 Å². The summed E-state index contributed by atoms with van der Waals surface area (Å²) in [6.45, 7) is 3.85. The molecule has 7 heteroatoms. The molecule has 3 aromatic heterocycles. The molecule has 6 nitrogen and oxygen atoms in total. The van der Waals surface area contributed by atoms with Crippen molar-refractivity contribution in [3.63, 3.8) is 0 Å². The quantitative estimate of drug-likeness (QED) is 0.509. The number of benzene rings is 1. The Kier molecular flexibility index (Phi) is 4.31. The van der Waals surface area contributed by atoms with E-state index in [0.717, 1.165) is 26.8 Å². The van der Waals surface area contributed by atoms with E-state index >= 15 is 0 Å². The Morgan fingerprint density at radius 1 is 1.22 bits per heavy atom. The molecule has 0 spiro atoms. The Balaban J connectivity index is 1.83. The van der Waals surface area contributed by atoms with E-state index in [4.69, 9.17) is 4.42 Å². The van der Waals surface area contributed by atoms with Gasteiger partial charge in [0, 0.05) is 17.2 Å². The Bertz CT molecular complexity index is 1160. The fourth-order valence-electron chi connectivity index (χ4n) is 3.10. The van der Waals surface area contributed by atoms with Crippen molar-refractivity contribution < 1.29 is 9.21 Å². The summed E-state index contributed by atoms with van der Waals surface area (Å²) in [7, 11) is 1.81. The van der Waals surface area contributed by atoms with Crippen molar-refractivity contribution in [1.82, 2.24) is 14.8 Å². The van der Waals surface area contributed by atoms with E-state index in [-0.39, 0.29) is 5.91 Å². The second-order valence-electron chi connectivity index (χ2n) is 6.36. The molecular weight excluding hydrogens is 408 g/mol. The van der Waals surface area contributed by atoms with Gasteiger partial charge in [-0.1, -0.05) is 15.9 Å². The zero-order chi connectivity index (χ0) is 19.1. The first-order valence-corrected chi connectivity index (χ1v) is 9.19. The van der Waals surface area contributed by atoms with Crippen LogP contribution in [0.3, 0.4) is 0 Å². The first kappa shape index (κ1) is 17.5. The van der Waals surface area contributed by atoms with Crippen molar-refractivity contribution in [3.8, 4) is 11.5 Å². The number of amides is 1. The van der Waals surface area contributed by atoms with Gasteiger partial charge < -0.3 is 9.73 Å². The molecule has 3 heterocycles. The van der Waals surface area contributed by atoms with Crippen molar-refractivity contribution >= 4 is 38.6 Å². The highest BCUT2D eigenvalue weighted by Crippen LogP contribution is 2.28. The molecular formula is C20H17BrN4O2.